The van der Waals surface area contributed by atoms with E-state index in [-0.39, 0.29) is 11.7 Å². The van der Waals surface area contributed by atoms with Crippen molar-refractivity contribution in [2.75, 3.05) is 18.2 Å². The van der Waals surface area contributed by atoms with Crippen molar-refractivity contribution in [3.63, 3.8) is 0 Å². The number of nitrogens with one attached hydrogen (secondary N) is 1. The third-order valence-corrected chi connectivity index (χ3v) is 9.29. The number of allylic oxidation sites excluding steroid dienone is 1. The van der Waals surface area contributed by atoms with Crippen LogP contribution in [0.3, 0.4) is 0 Å². The van der Waals surface area contributed by atoms with Crippen molar-refractivity contribution in [2.45, 2.75) is 37.9 Å². The first-order valence-electron chi connectivity index (χ1n) is 11.8. The molecule has 7 nitrogen and oxygen atoms in total. The summed E-state index contributed by atoms with van der Waals surface area (Å²) in [4.78, 5) is 27.7. The number of anilines is 1. The van der Waals surface area contributed by atoms with Gasteiger partial charge in [-0.25, -0.2) is 4.79 Å². The van der Waals surface area contributed by atoms with Crippen LogP contribution in [0.15, 0.2) is 53.5 Å². The van der Waals surface area contributed by atoms with E-state index in [2.05, 4.69) is 46.5 Å². The first-order chi connectivity index (χ1) is 18.0. The number of aryl methyl sites for hydroxylation is 2. The van der Waals surface area contributed by atoms with Crippen molar-refractivity contribution < 1.29 is 14.3 Å². The standard InChI is InChI=1S/C27H26N4O3S3/c1-4-13-31-24(19-14-35-16(2)22(19)17-9-6-5-7-10-17)29-30-27(31)36-15-21(32)28-25-23(26(33)34-3)18-11-8-12-20(18)37-25/h4-7,9-10,14H,1,8,11-13,15H2,2-3H3,(H,28,32). The zero-order chi connectivity index (χ0) is 25.9. The summed E-state index contributed by atoms with van der Waals surface area (Å²) in [7, 11) is 1.37. The number of aromatic nitrogens is 3. The predicted octanol–water partition coefficient (Wildman–Crippen LogP) is 6.24. The molecule has 4 aromatic rings. The Morgan fingerprint density at radius 1 is 1.24 bits per heavy atom. The van der Waals surface area contributed by atoms with Gasteiger partial charge in [-0.2, -0.15) is 0 Å². The molecular formula is C27H26N4O3S3. The Balaban J connectivity index is 1.37. The van der Waals surface area contributed by atoms with Gasteiger partial charge in [-0.05, 0) is 37.3 Å². The zero-order valence-corrected chi connectivity index (χ0v) is 23.0. The Bertz CT molecular complexity index is 1470. The van der Waals surface area contributed by atoms with Gasteiger partial charge in [0.05, 0.1) is 18.4 Å². The summed E-state index contributed by atoms with van der Waals surface area (Å²) in [5.41, 5.74) is 4.78. The Morgan fingerprint density at radius 3 is 2.81 bits per heavy atom. The Kier molecular flexibility index (Phi) is 7.59. The number of amides is 1. The van der Waals surface area contributed by atoms with Gasteiger partial charge in [0.25, 0.3) is 0 Å². The molecule has 1 aliphatic rings. The fourth-order valence-electron chi connectivity index (χ4n) is 4.57. The average molecular weight is 551 g/mol. The van der Waals surface area contributed by atoms with Gasteiger partial charge < -0.3 is 10.1 Å². The number of methoxy groups -OCH3 is 1. The Morgan fingerprint density at radius 2 is 2.05 bits per heavy atom. The number of fused-ring (bicyclic) bond motifs is 1. The molecule has 1 amide bonds. The molecule has 190 valence electrons. The minimum Gasteiger partial charge on any atom is -0.465 e. The number of carbonyl (C=O) groups is 2. The van der Waals surface area contributed by atoms with Crippen molar-refractivity contribution in [3.8, 4) is 22.5 Å². The molecule has 0 fully saturated rings. The van der Waals surface area contributed by atoms with E-state index in [0.717, 1.165) is 52.2 Å². The van der Waals surface area contributed by atoms with Crippen molar-refractivity contribution in [1.29, 1.82) is 0 Å². The lowest BCUT2D eigenvalue weighted by atomic mass is 10.0. The second-order valence-corrected chi connectivity index (χ2v) is 11.7. The number of thioether (sulfide) groups is 1. The van der Waals surface area contributed by atoms with Crippen LogP contribution in [0, 0.1) is 6.92 Å². The van der Waals surface area contributed by atoms with E-state index >= 15 is 0 Å². The van der Waals surface area contributed by atoms with Gasteiger partial charge in [0, 0.05) is 32.8 Å². The summed E-state index contributed by atoms with van der Waals surface area (Å²) in [6.07, 6.45) is 4.58. The topological polar surface area (TPSA) is 86.1 Å². The van der Waals surface area contributed by atoms with Crippen LogP contribution in [-0.4, -0.2) is 39.5 Å². The van der Waals surface area contributed by atoms with Crippen LogP contribution in [0.2, 0.25) is 0 Å². The monoisotopic (exact) mass is 550 g/mol. The lowest BCUT2D eigenvalue weighted by Gasteiger charge is -2.10. The number of hydrogen-bond donors (Lipinski definition) is 1. The summed E-state index contributed by atoms with van der Waals surface area (Å²) in [6, 6.07) is 10.2. The third kappa shape index (κ3) is 5.01. The molecule has 3 aromatic heterocycles. The first-order valence-corrected chi connectivity index (χ1v) is 14.5. The van der Waals surface area contributed by atoms with E-state index in [4.69, 9.17) is 4.74 Å². The molecule has 0 atom stereocenters. The smallest absolute Gasteiger partial charge is 0.341 e. The predicted molar refractivity (Wildman–Crippen MR) is 151 cm³/mol. The highest BCUT2D eigenvalue weighted by atomic mass is 32.2. The highest BCUT2D eigenvalue weighted by molar-refractivity contribution is 7.99. The zero-order valence-electron chi connectivity index (χ0n) is 20.6. The second kappa shape index (κ2) is 11.0. The SMILES string of the molecule is C=CCn1c(SCC(=O)Nc2sc3c(c2C(=O)OC)CCC3)nnc1-c1csc(C)c1-c1ccccc1. The van der Waals surface area contributed by atoms with Gasteiger partial charge >= 0.3 is 5.97 Å². The van der Waals surface area contributed by atoms with Gasteiger partial charge in [0.2, 0.25) is 5.91 Å². The molecule has 1 N–H and O–H groups in total. The average Bonchev–Trinajstić information content (AvgIpc) is 3.67. The lowest BCUT2D eigenvalue weighted by Crippen LogP contribution is -2.16. The van der Waals surface area contributed by atoms with E-state index in [1.54, 1.807) is 17.4 Å². The lowest BCUT2D eigenvalue weighted by molar-refractivity contribution is -0.113. The van der Waals surface area contributed by atoms with Gasteiger partial charge in [-0.3, -0.25) is 9.36 Å². The molecule has 0 aliphatic heterocycles. The fraction of sp³-hybridized carbons (Fsp3) is 0.259. The number of nitrogens with zero attached hydrogens (tertiary/aromatic N) is 3. The number of carbonyl (C=O) groups excluding carboxylic acids is 2. The van der Waals surface area contributed by atoms with Crippen molar-refractivity contribution in [2.24, 2.45) is 0 Å². The van der Waals surface area contributed by atoms with E-state index in [9.17, 15) is 9.59 Å². The van der Waals surface area contributed by atoms with Crippen LogP contribution < -0.4 is 5.32 Å². The van der Waals surface area contributed by atoms with Crippen molar-refractivity contribution in [3.05, 3.63) is 69.2 Å². The Labute approximate surface area is 227 Å². The normalized spacial score (nSPS) is 12.4. The third-order valence-electron chi connectivity index (χ3n) is 6.20. The van der Waals surface area contributed by atoms with Crippen LogP contribution in [0.5, 0.6) is 0 Å². The summed E-state index contributed by atoms with van der Waals surface area (Å²) < 4.78 is 6.97. The van der Waals surface area contributed by atoms with Crippen LogP contribution in [0.4, 0.5) is 5.00 Å². The number of thiophene rings is 2. The minimum atomic E-state index is -0.405. The van der Waals surface area contributed by atoms with Crippen molar-refractivity contribution >= 4 is 51.3 Å². The van der Waals surface area contributed by atoms with Crippen LogP contribution in [0.1, 0.15) is 32.1 Å². The maximum atomic E-state index is 12.9. The number of benzene rings is 1. The number of ether oxygens (including phenoxy) is 1. The van der Waals surface area contributed by atoms with Crippen LogP contribution in [-0.2, 0) is 28.9 Å². The molecule has 0 saturated heterocycles. The largest absolute Gasteiger partial charge is 0.465 e. The minimum absolute atomic E-state index is 0.132. The quantitative estimate of drug-likeness (QED) is 0.151. The maximum absolute atomic E-state index is 12.9. The second-order valence-electron chi connectivity index (χ2n) is 8.54. The van der Waals surface area contributed by atoms with Gasteiger partial charge in [-0.15, -0.1) is 39.4 Å². The van der Waals surface area contributed by atoms with E-state index in [1.807, 2.05) is 22.8 Å². The summed E-state index contributed by atoms with van der Waals surface area (Å²) in [5, 5.41) is 15.2. The highest BCUT2D eigenvalue weighted by Gasteiger charge is 2.28. The van der Waals surface area contributed by atoms with Gasteiger partial charge in [-0.1, -0.05) is 48.2 Å². The maximum Gasteiger partial charge on any atom is 0.341 e. The number of rotatable bonds is 9. The van der Waals surface area contributed by atoms with Gasteiger partial charge in [0.1, 0.15) is 5.00 Å². The van der Waals surface area contributed by atoms with E-state index in [1.165, 1.54) is 35.1 Å². The van der Waals surface area contributed by atoms with Crippen LogP contribution in [0.25, 0.3) is 22.5 Å². The molecule has 10 heteroatoms. The molecular weight excluding hydrogens is 525 g/mol. The molecule has 0 unspecified atom stereocenters. The molecule has 3 heterocycles. The molecule has 0 saturated carbocycles. The van der Waals surface area contributed by atoms with E-state index < -0.39 is 5.97 Å². The summed E-state index contributed by atoms with van der Waals surface area (Å²) in [5.74, 6) is 0.264. The number of esters is 1. The Hall–Kier alpha value is -3.21. The molecule has 0 spiro atoms. The molecule has 0 radical (unpaired) electrons. The molecule has 1 aromatic carbocycles. The van der Waals surface area contributed by atoms with E-state index in [0.29, 0.717) is 22.3 Å². The first kappa shape index (κ1) is 25.4. The van der Waals surface area contributed by atoms with Crippen LogP contribution >= 0.6 is 34.4 Å². The van der Waals surface area contributed by atoms with Crippen molar-refractivity contribution in [1.82, 2.24) is 14.8 Å². The highest BCUT2D eigenvalue weighted by Crippen LogP contribution is 2.40. The molecule has 37 heavy (non-hydrogen) atoms. The molecule has 0 bridgehead atoms. The summed E-state index contributed by atoms with van der Waals surface area (Å²) in [6.45, 7) is 6.52. The summed E-state index contributed by atoms with van der Waals surface area (Å²) >= 11 is 4.46. The molecule has 5 rings (SSSR count). The fourth-order valence-corrected chi connectivity index (χ4v) is 7.48. The van der Waals surface area contributed by atoms with Gasteiger partial charge in [0.15, 0.2) is 11.0 Å². The molecule has 1 aliphatic carbocycles. The number of hydrogen-bond acceptors (Lipinski definition) is 8.